The zero-order chi connectivity index (χ0) is 14.3. The number of rotatable bonds is 0. The smallest absolute Gasteiger partial charge is 0.0381 e. The van der Waals surface area contributed by atoms with Gasteiger partial charge in [0.1, 0.15) is 0 Å². The molecule has 106 valence electrons. The molecule has 2 aliphatic rings. The van der Waals surface area contributed by atoms with Crippen LogP contribution in [0.15, 0.2) is 41.1 Å². The number of hydrogen-bond donors (Lipinski definition) is 0. The van der Waals surface area contributed by atoms with Crippen molar-refractivity contribution < 1.29 is 0 Å². The van der Waals surface area contributed by atoms with Crippen molar-refractivity contribution in [3.63, 3.8) is 0 Å². The second-order valence-corrected chi connectivity index (χ2v) is 8.39. The molecular weight excluding hydrogens is 304 g/mol. The summed E-state index contributed by atoms with van der Waals surface area (Å²) < 4.78 is 2.98. The van der Waals surface area contributed by atoms with Crippen LogP contribution in [0.1, 0.15) is 29.0 Å². The maximum Gasteiger partial charge on any atom is 0.0381 e. The summed E-state index contributed by atoms with van der Waals surface area (Å²) in [6.07, 6.45) is 3.84. The molecule has 1 atom stereocenters. The highest BCUT2D eigenvalue weighted by Gasteiger charge is 2.33. The Morgan fingerprint density at radius 1 is 1.00 bits per heavy atom. The first-order valence-electron chi connectivity index (χ1n) is 7.92. The molecule has 0 amide bonds. The summed E-state index contributed by atoms with van der Waals surface area (Å²) in [7, 11) is 0. The molecule has 0 bridgehead atoms. The first-order valence-corrected chi connectivity index (χ1v) is 9.68. The fourth-order valence-electron chi connectivity index (χ4n) is 4.60. The van der Waals surface area contributed by atoms with Gasteiger partial charge in [-0.1, -0.05) is 12.1 Å². The summed E-state index contributed by atoms with van der Waals surface area (Å²) >= 11 is 3.81. The summed E-state index contributed by atoms with van der Waals surface area (Å²) in [5.74, 6) is 0.745. The van der Waals surface area contributed by atoms with Crippen LogP contribution >= 0.6 is 22.7 Å². The van der Waals surface area contributed by atoms with Gasteiger partial charge in [-0.2, -0.15) is 0 Å². The number of aryl methyl sites for hydroxylation is 1. The quantitative estimate of drug-likeness (QED) is 0.353. The molecule has 2 aromatic heterocycles. The molecule has 0 radical (unpaired) electrons. The molecule has 0 saturated heterocycles. The van der Waals surface area contributed by atoms with Crippen LogP contribution in [0, 0.1) is 0 Å². The molecule has 22 heavy (non-hydrogen) atoms. The topological polar surface area (TPSA) is 0 Å². The minimum atomic E-state index is 0.745. The van der Waals surface area contributed by atoms with Gasteiger partial charge in [0.2, 0.25) is 0 Å². The van der Waals surface area contributed by atoms with Crippen LogP contribution in [-0.2, 0) is 12.8 Å². The standard InChI is InChI=1S/C20H14S2/c1-2-13-10-17-15(6-8-21-17)19-14-4-3-11-5-7-22-20(11)16(14)9-12(1)18(13)19/h3-8,10,12H,1-2,9H2. The molecule has 2 aromatic carbocycles. The van der Waals surface area contributed by atoms with E-state index in [0.29, 0.717) is 0 Å². The monoisotopic (exact) mass is 318 g/mol. The molecule has 2 aliphatic carbocycles. The van der Waals surface area contributed by atoms with Gasteiger partial charge in [-0.15, -0.1) is 22.7 Å². The predicted molar refractivity (Wildman–Crippen MR) is 97.4 cm³/mol. The second-order valence-electron chi connectivity index (χ2n) is 6.53. The summed E-state index contributed by atoms with van der Waals surface area (Å²) in [4.78, 5) is 0. The first kappa shape index (κ1) is 11.9. The van der Waals surface area contributed by atoms with Crippen LogP contribution in [-0.4, -0.2) is 0 Å². The Labute approximate surface area is 137 Å². The fourth-order valence-corrected chi connectivity index (χ4v) is 6.41. The van der Waals surface area contributed by atoms with E-state index in [0.717, 1.165) is 5.92 Å². The van der Waals surface area contributed by atoms with Gasteiger partial charge in [0.05, 0.1) is 0 Å². The van der Waals surface area contributed by atoms with Crippen LogP contribution in [0.5, 0.6) is 0 Å². The van der Waals surface area contributed by atoms with Gasteiger partial charge >= 0.3 is 0 Å². The van der Waals surface area contributed by atoms with E-state index in [4.69, 9.17) is 0 Å². The van der Waals surface area contributed by atoms with Crippen molar-refractivity contribution in [3.05, 3.63) is 57.8 Å². The molecule has 0 aliphatic heterocycles. The SMILES string of the molecule is c1cc2c3c4c(cc2s1)CCC4Cc1c-3ccc2ccsc12. The van der Waals surface area contributed by atoms with E-state index in [1.54, 1.807) is 22.3 Å². The van der Waals surface area contributed by atoms with E-state index >= 15 is 0 Å². The van der Waals surface area contributed by atoms with Gasteiger partial charge in [-0.3, -0.25) is 0 Å². The lowest BCUT2D eigenvalue weighted by Crippen LogP contribution is -2.08. The van der Waals surface area contributed by atoms with E-state index in [1.807, 2.05) is 22.7 Å². The molecule has 0 saturated carbocycles. The third kappa shape index (κ3) is 1.34. The van der Waals surface area contributed by atoms with Gasteiger partial charge < -0.3 is 0 Å². The molecule has 1 unspecified atom stereocenters. The zero-order valence-electron chi connectivity index (χ0n) is 12.1. The number of fused-ring (bicyclic) bond motifs is 6. The number of hydrogen-bond acceptors (Lipinski definition) is 2. The Morgan fingerprint density at radius 3 is 2.95 bits per heavy atom. The highest BCUT2D eigenvalue weighted by Crippen LogP contribution is 2.52. The first-order chi connectivity index (χ1) is 10.9. The lowest BCUT2D eigenvalue weighted by atomic mass is 9.78. The minimum Gasteiger partial charge on any atom is -0.144 e. The molecule has 0 nitrogen and oxygen atoms in total. The van der Waals surface area contributed by atoms with Crippen molar-refractivity contribution in [2.75, 3.05) is 0 Å². The average molecular weight is 318 g/mol. The van der Waals surface area contributed by atoms with Gasteiger partial charge in [-0.25, -0.2) is 0 Å². The van der Waals surface area contributed by atoms with Gasteiger partial charge in [0.25, 0.3) is 0 Å². The van der Waals surface area contributed by atoms with Crippen LogP contribution in [0.3, 0.4) is 0 Å². The molecule has 0 N–H and O–H groups in total. The Hall–Kier alpha value is -1.64. The fraction of sp³-hybridized carbons (Fsp3) is 0.200. The number of benzene rings is 2. The number of thiophene rings is 2. The average Bonchev–Trinajstić information content (AvgIpc) is 3.25. The predicted octanol–water partition coefficient (Wildman–Crippen LogP) is 6.37. The maximum atomic E-state index is 2.47. The van der Waals surface area contributed by atoms with Crippen molar-refractivity contribution in [2.45, 2.75) is 25.2 Å². The highest BCUT2D eigenvalue weighted by atomic mass is 32.1. The van der Waals surface area contributed by atoms with Crippen LogP contribution in [0.4, 0.5) is 0 Å². The van der Waals surface area contributed by atoms with Crippen LogP contribution in [0.2, 0.25) is 0 Å². The Kier molecular flexibility index (Phi) is 2.16. The maximum absolute atomic E-state index is 2.47. The minimum absolute atomic E-state index is 0.745. The van der Waals surface area contributed by atoms with E-state index in [2.05, 4.69) is 41.1 Å². The second kappa shape index (κ2) is 4.01. The van der Waals surface area contributed by atoms with E-state index < -0.39 is 0 Å². The summed E-state index contributed by atoms with van der Waals surface area (Å²) in [5.41, 5.74) is 7.97. The largest absolute Gasteiger partial charge is 0.144 e. The van der Waals surface area contributed by atoms with E-state index in [9.17, 15) is 0 Å². The van der Waals surface area contributed by atoms with Gasteiger partial charge in [0.15, 0.2) is 0 Å². The summed E-state index contributed by atoms with van der Waals surface area (Å²) in [5, 5.41) is 7.39. The van der Waals surface area contributed by atoms with Crippen molar-refractivity contribution in [2.24, 2.45) is 0 Å². The van der Waals surface area contributed by atoms with Crippen molar-refractivity contribution in [1.29, 1.82) is 0 Å². The van der Waals surface area contributed by atoms with Crippen molar-refractivity contribution in [3.8, 4) is 11.1 Å². The Balaban J connectivity index is 1.84. The van der Waals surface area contributed by atoms with E-state index in [1.165, 1.54) is 45.0 Å². The van der Waals surface area contributed by atoms with Crippen molar-refractivity contribution >= 4 is 42.8 Å². The molecule has 0 spiro atoms. The lowest BCUT2D eigenvalue weighted by Gasteiger charge is -2.26. The van der Waals surface area contributed by atoms with Crippen molar-refractivity contribution in [1.82, 2.24) is 0 Å². The normalized spacial score (nSPS) is 18.8. The van der Waals surface area contributed by atoms with Crippen LogP contribution in [0.25, 0.3) is 31.3 Å². The highest BCUT2D eigenvalue weighted by molar-refractivity contribution is 7.17. The van der Waals surface area contributed by atoms with Gasteiger partial charge in [-0.05, 0) is 87.3 Å². The zero-order valence-corrected chi connectivity index (χ0v) is 13.7. The Morgan fingerprint density at radius 2 is 1.95 bits per heavy atom. The summed E-state index contributed by atoms with van der Waals surface area (Å²) in [6, 6.07) is 11.8. The lowest BCUT2D eigenvalue weighted by molar-refractivity contribution is 0.673. The third-order valence-corrected chi connectivity index (χ3v) is 7.35. The van der Waals surface area contributed by atoms with Crippen LogP contribution < -0.4 is 0 Å². The Bertz CT molecular complexity index is 1060. The molecule has 2 heteroatoms. The van der Waals surface area contributed by atoms with E-state index in [-0.39, 0.29) is 0 Å². The molecule has 6 rings (SSSR count). The van der Waals surface area contributed by atoms with Gasteiger partial charge in [0, 0.05) is 14.8 Å². The third-order valence-electron chi connectivity index (χ3n) is 5.50. The molecule has 0 fully saturated rings. The molecule has 4 aromatic rings. The molecule has 2 heterocycles. The summed E-state index contributed by atoms with van der Waals surface area (Å²) in [6.45, 7) is 0. The molecular formula is C20H14S2.